The van der Waals surface area contributed by atoms with Crippen molar-refractivity contribution < 1.29 is 15.0 Å². The van der Waals surface area contributed by atoms with Gasteiger partial charge in [-0.25, -0.2) is 0 Å². The normalized spacial score (nSPS) is 10.0. The minimum Gasteiger partial charge on any atom is -0.507 e. The van der Waals surface area contributed by atoms with Crippen LogP contribution < -0.4 is 0 Å². The standard InChI is InChI=1S/C13H10O3/c14-8-9-4-3-6-11(13(9)16)10-5-1-2-7-12(10)15/h1-8,15-16H. The first-order valence-corrected chi connectivity index (χ1v) is 4.79. The van der Waals surface area contributed by atoms with Crippen LogP contribution in [0.15, 0.2) is 42.5 Å². The lowest BCUT2D eigenvalue weighted by atomic mass is 10.0. The van der Waals surface area contributed by atoms with E-state index in [4.69, 9.17) is 0 Å². The maximum atomic E-state index is 10.7. The van der Waals surface area contributed by atoms with Gasteiger partial charge in [0.2, 0.25) is 0 Å². The van der Waals surface area contributed by atoms with Crippen molar-refractivity contribution in [2.75, 3.05) is 0 Å². The van der Waals surface area contributed by atoms with Crippen molar-refractivity contribution in [3.8, 4) is 22.6 Å². The summed E-state index contributed by atoms with van der Waals surface area (Å²) in [4.78, 5) is 10.7. The lowest BCUT2D eigenvalue weighted by Crippen LogP contribution is -1.85. The molecule has 0 amide bonds. The van der Waals surface area contributed by atoms with E-state index in [1.807, 2.05) is 0 Å². The molecular formula is C13H10O3. The van der Waals surface area contributed by atoms with Gasteiger partial charge < -0.3 is 10.2 Å². The fraction of sp³-hybridized carbons (Fsp3) is 0. The molecule has 0 aliphatic carbocycles. The molecule has 2 aromatic rings. The summed E-state index contributed by atoms with van der Waals surface area (Å²) in [6.07, 6.45) is 0.582. The van der Waals surface area contributed by atoms with Gasteiger partial charge in [0.15, 0.2) is 6.29 Å². The Kier molecular flexibility index (Phi) is 2.60. The lowest BCUT2D eigenvalue weighted by Gasteiger charge is -2.07. The second-order valence-corrected chi connectivity index (χ2v) is 3.38. The zero-order valence-electron chi connectivity index (χ0n) is 8.42. The lowest BCUT2D eigenvalue weighted by molar-refractivity contribution is 0.112. The van der Waals surface area contributed by atoms with E-state index in [0.29, 0.717) is 17.4 Å². The molecule has 0 radical (unpaired) electrons. The highest BCUT2D eigenvalue weighted by Crippen LogP contribution is 2.36. The van der Waals surface area contributed by atoms with Gasteiger partial charge in [-0.1, -0.05) is 30.3 Å². The molecule has 2 aromatic carbocycles. The van der Waals surface area contributed by atoms with Crippen LogP contribution in [-0.4, -0.2) is 16.5 Å². The zero-order chi connectivity index (χ0) is 11.5. The number of hydrogen-bond acceptors (Lipinski definition) is 3. The van der Waals surface area contributed by atoms with Crippen LogP contribution in [0.2, 0.25) is 0 Å². The molecule has 0 spiro atoms. The Labute approximate surface area is 92.6 Å². The maximum absolute atomic E-state index is 10.7. The van der Waals surface area contributed by atoms with Gasteiger partial charge in [-0.15, -0.1) is 0 Å². The van der Waals surface area contributed by atoms with E-state index in [9.17, 15) is 15.0 Å². The van der Waals surface area contributed by atoms with Crippen LogP contribution in [0.1, 0.15) is 10.4 Å². The van der Waals surface area contributed by atoms with E-state index in [1.165, 1.54) is 12.1 Å². The molecule has 16 heavy (non-hydrogen) atoms. The first-order valence-electron chi connectivity index (χ1n) is 4.79. The van der Waals surface area contributed by atoms with Gasteiger partial charge in [0, 0.05) is 11.1 Å². The average molecular weight is 214 g/mol. The first kappa shape index (κ1) is 10.2. The van der Waals surface area contributed by atoms with E-state index in [1.54, 1.807) is 30.3 Å². The quantitative estimate of drug-likeness (QED) is 0.755. The van der Waals surface area contributed by atoms with Gasteiger partial charge in [-0.2, -0.15) is 0 Å². The SMILES string of the molecule is O=Cc1cccc(-c2ccccc2O)c1O. The maximum Gasteiger partial charge on any atom is 0.153 e. The fourth-order valence-corrected chi connectivity index (χ4v) is 1.58. The highest BCUT2D eigenvalue weighted by atomic mass is 16.3. The van der Waals surface area contributed by atoms with Crippen LogP contribution in [0.4, 0.5) is 0 Å². The molecule has 0 saturated carbocycles. The summed E-state index contributed by atoms with van der Waals surface area (Å²) in [6, 6.07) is 11.5. The van der Waals surface area contributed by atoms with Crippen LogP contribution in [-0.2, 0) is 0 Å². The van der Waals surface area contributed by atoms with E-state index in [2.05, 4.69) is 0 Å². The van der Waals surface area contributed by atoms with Crippen LogP contribution in [0.3, 0.4) is 0 Å². The minimum atomic E-state index is -0.112. The van der Waals surface area contributed by atoms with Crippen molar-refractivity contribution in [1.82, 2.24) is 0 Å². The van der Waals surface area contributed by atoms with Crippen molar-refractivity contribution in [3.05, 3.63) is 48.0 Å². The number of carbonyl (C=O) groups excluding carboxylic acids is 1. The number of para-hydroxylation sites is 2. The Bertz CT molecular complexity index is 532. The number of aldehydes is 1. The summed E-state index contributed by atoms with van der Waals surface area (Å²) in [5, 5.41) is 19.5. The molecule has 2 rings (SSSR count). The number of hydrogen-bond donors (Lipinski definition) is 2. The third-order valence-corrected chi connectivity index (χ3v) is 2.39. The molecule has 3 nitrogen and oxygen atoms in total. The number of phenols is 2. The molecule has 0 unspecified atom stereocenters. The molecule has 0 aliphatic heterocycles. The second kappa shape index (κ2) is 4.06. The van der Waals surface area contributed by atoms with Gasteiger partial charge in [-0.3, -0.25) is 4.79 Å². The Morgan fingerprint density at radius 3 is 2.25 bits per heavy atom. The van der Waals surface area contributed by atoms with Crippen LogP contribution >= 0.6 is 0 Å². The Balaban J connectivity index is 2.65. The van der Waals surface area contributed by atoms with Crippen LogP contribution in [0, 0.1) is 0 Å². The van der Waals surface area contributed by atoms with Crippen molar-refractivity contribution in [2.45, 2.75) is 0 Å². The monoisotopic (exact) mass is 214 g/mol. The largest absolute Gasteiger partial charge is 0.507 e. The highest BCUT2D eigenvalue weighted by molar-refractivity contribution is 5.86. The summed E-state index contributed by atoms with van der Waals surface area (Å²) < 4.78 is 0. The van der Waals surface area contributed by atoms with E-state index in [0.717, 1.165) is 0 Å². The van der Waals surface area contributed by atoms with Crippen LogP contribution in [0.25, 0.3) is 11.1 Å². The van der Waals surface area contributed by atoms with Gasteiger partial charge >= 0.3 is 0 Å². The van der Waals surface area contributed by atoms with E-state index >= 15 is 0 Å². The van der Waals surface area contributed by atoms with Gasteiger partial charge in [0.25, 0.3) is 0 Å². The molecular weight excluding hydrogens is 204 g/mol. The molecule has 0 heterocycles. The molecule has 2 N–H and O–H groups in total. The predicted octanol–water partition coefficient (Wildman–Crippen LogP) is 2.58. The van der Waals surface area contributed by atoms with Crippen molar-refractivity contribution >= 4 is 6.29 Å². The van der Waals surface area contributed by atoms with Gasteiger partial charge in [-0.05, 0) is 12.1 Å². The number of aromatic hydroxyl groups is 2. The van der Waals surface area contributed by atoms with Gasteiger partial charge in [0.05, 0.1) is 5.56 Å². The summed E-state index contributed by atoms with van der Waals surface area (Å²) in [7, 11) is 0. The van der Waals surface area contributed by atoms with Crippen molar-refractivity contribution in [3.63, 3.8) is 0 Å². The average Bonchev–Trinajstić information content (AvgIpc) is 2.31. The molecule has 0 atom stereocenters. The van der Waals surface area contributed by atoms with E-state index < -0.39 is 0 Å². The Morgan fingerprint density at radius 2 is 1.56 bits per heavy atom. The minimum absolute atomic E-state index is 0.0702. The van der Waals surface area contributed by atoms with Crippen molar-refractivity contribution in [2.24, 2.45) is 0 Å². The third-order valence-electron chi connectivity index (χ3n) is 2.39. The first-order chi connectivity index (χ1) is 7.74. The van der Waals surface area contributed by atoms with Gasteiger partial charge in [0.1, 0.15) is 11.5 Å². The molecule has 0 fully saturated rings. The summed E-state index contributed by atoms with van der Waals surface area (Å²) in [5.74, 6) is -0.0418. The molecule has 0 saturated heterocycles. The molecule has 0 bridgehead atoms. The fourth-order valence-electron chi connectivity index (χ4n) is 1.58. The Hall–Kier alpha value is -2.29. The summed E-state index contributed by atoms with van der Waals surface area (Å²) in [6.45, 7) is 0. The number of rotatable bonds is 2. The predicted molar refractivity (Wildman–Crippen MR) is 60.6 cm³/mol. The summed E-state index contributed by atoms with van der Waals surface area (Å²) >= 11 is 0. The Morgan fingerprint density at radius 1 is 0.875 bits per heavy atom. The van der Waals surface area contributed by atoms with Crippen LogP contribution in [0.5, 0.6) is 11.5 Å². The van der Waals surface area contributed by atoms with E-state index in [-0.39, 0.29) is 17.1 Å². The van der Waals surface area contributed by atoms with Crippen molar-refractivity contribution in [1.29, 1.82) is 0 Å². The third kappa shape index (κ3) is 1.63. The molecule has 3 heteroatoms. The smallest absolute Gasteiger partial charge is 0.153 e. The second-order valence-electron chi connectivity index (χ2n) is 3.38. The molecule has 80 valence electrons. The molecule has 0 aliphatic rings. The zero-order valence-corrected chi connectivity index (χ0v) is 8.42. The number of benzene rings is 2. The summed E-state index contributed by atoms with van der Waals surface area (Å²) in [5.41, 5.74) is 1.16. The molecule has 0 aromatic heterocycles. The highest BCUT2D eigenvalue weighted by Gasteiger charge is 2.10. The topological polar surface area (TPSA) is 57.5 Å². The number of carbonyl (C=O) groups is 1. The number of phenolic OH excluding ortho intramolecular Hbond substituents is 2.